The lowest BCUT2D eigenvalue weighted by Crippen LogP contribution is -2.34. The standard InChI is InChI=1S/C32H32N4O/c1-24-17-30-27(20-33-36(30)28-13-14-31(37)34(2)22-28)18-29(24)32(19-25-9-5-3-6-10-25)15-16-35(23-32)21-26-11-7-4-8-12-26/h3-14,17-18,20,22H,15-16,19,21,23H2,1-2H3. The van der Waals surface area contributed by atoms with Gasteiger partial charge in [0.05, 0.1) is 17.4 Å². The number of rotatable bonds is 6. The fourth-order valence-corrected chi connectivity index (χ4v) is 6.04. The molecule has 3 heterocycles. The molecule has 6 rings (SSSR count). The second-order valence-electron chi connectivity index (χ2n) is 10.5. The minimum Gasteiger partial charge on any atom is -0.316 e. The second kappa shape index (κ2) is 9.49. The smallest absolute Gasteiger partial charge is 0.250 e. The Hall–Kier alpha value is -3.96. The molecule has 1 aliphatic heterocycles. The van der Waals surface area contributed by atoms with Gasteiger partial charge in [-0.3, -0.25) is 9.69 Å². The van der Waals surface area contributed by atoms with Gasteiger partial charge in [0.2, 0.25) is 5.56 Å². The Morgan fingerprint density at radius 3 is 2.38 bits per heavy atom. The quantitative estimate of drug-likeness (QED) is 0.321. The summed E-state index contributed by atoms with van der Waals surface area (Å²) >= 11 is 0. The molecule has 0 spiro atoms. The molecule has 186 valence electrons. The maximum Gasteiger partial charge on any atom is 0.250 e. The molecule has 0 N–H and O–H groups in total. The van der Waals surface area contributed by atoms with Crippen LogP contribution in [-0.2, 0) is 25.4 Å². The van der Waals surface area contributed by atoms with E-state index in [1.807, 2.05) is 23.1 Å². The number of hydrogen-bond acceptors (Lipinski definition) is 3. The van der Waals surface area contributed by atoms with Gasteiger partial charge in [0, 0.05) is 43.2 Å². The van der Waals surface area contributed by atoms with E-state index in [0.717, 1.165) is 49.1 Å². The Balaban J connectivity index is 1.40. The van der Waals surface area contributed by atoms with E-state index in [9.17, 15) is 4.79 Å². The summed E-state index contributed by atoms with van der Waals surface area (Å²) in [6.45, 7) is 5.32. The average Bonchev–Trinajstić information content (AvgIpc) is 3.50. The number of aryl methyl sites for hydroxylation is 2. The zero-order chi connectivity index (χ0) is 25.4. The highest BCUT2D eigenvalue weighted by molar-refractivity contribution is 5.82. The lowest BCUT2D eigenvalue weighted by Gasteiger charge is -2.32. The maximum atomic E-state index is 11.9. The largest absolute Gasteiger partial charge is 0.316 e. The van der Waals surface area contributed by atoms with Crippen molar-refractivity contribution < 1.29 is 0 Å². The Labute approximate surface area is 217 Å². The fraction of sp³-hybridized carbons (Fsp3) is 0.250. The van der Waals surface area contributed by atoms with Crippen molar-refractivity contribution in [2.75, 3.05) is 13.1 Å². The lowest BCUT2D eigenvalue weighted by atomic mass is 9.73. The summed E-state index contributed by atoms with van der Waals surface area (Å²) in [6, 6.07) is 29.8. The average molecular weight is 489 g/mol. The van der Waals surface area contributed by atoms with Gasteiger partial charge in [0.15, 0.2) is 0 Å². The van der Waals surface area contributed by atoms with E-state index in [2.05, 4.69) is 84.6 Å². The third-order valence-corrected chi connectivity index (χ3v) is 7.87. The van der Waals surface area contributed by atoms with Crippen molar-refractivity contribution >= 4 is 10.9 Å². The van der Waals surface area contributed by atoms with Crippen LogP contribution in [0.25, 0.3) is 16.6 Å². The van der Waals surface area contributed by atoms with Crippen LogP contribution >= 0.6 is 0 Å². The van der Waals surface area contributed by atoms with Gasteiger partial charge in [0.25, 0.3) is 0 Å². The van der Waals surface area contributed by atoms with Crippen LogP contribution in [0.15, 0.2) is 102 Å². The first-order valence-corrected chi connectivity index (χ1v) is 13.0. The highest BCUT2D eigenvalue weighted by atomic mass is 16.1. The third kappa shape index (κ3) is 4.51. The Kier molecular flexibility index (Phi) is 6.01. The van der Waals surface area contributed by atoms with E-state index in [1.165, 1.54) is 22.3 Å². The van der Waals surface area contributed by atoms with Gasteiger partial charge in [-0.2, -0.15) is 5.10 Å². The maximum absolute atomic E-state index is 11.9. The summed E-state index contributed by atoms with van der Waals surface area (Å²) in [4.78, 5) is 14.5. The van der Waals surface area contributed by atoms with Crippen molar-refractivity contribution in [3.05, 3.63) is 130 Å². The normalized spacial score (nSPS) is 18.0. The molecular weight excluding hydrogens is 456 g/mol. The monoisotopic (exact) mass is 488 g/mol. The van der Waals surface area contributed by atoms with Crippen molar-refractivity contribution in [2.45, 2.75) is 31.7 Å². The highest BCUT2D eigenvalue weighted by Gasteiger charge is 2.40. The van der Waals surface area contributed by atoms with Crippen LogP contribution in [0.2, 0.25) is 0 Å². The van der Waals surface area contributed by atoms with Gasteiger partial charge < -0.3 is 4.57 Å². The molecule has 2 aromatic heterocycles. The molecule has 1 saturated heterocycles. The van der Waals surface area contributed by atoms with Crippen molar-refractivity contribution in [3.8, 4) is 5.69 Å². The number of fused-ring (bicyclic) bond motifs is 1. The SMILES string of the molecule is Cc1cc2c(cnn2-c2ccc(=O)n(C)c2)cc1C1(Cc2ccccc2)CCN(Cc2ccccc2)C1. The highest BCUT2D eigenvalue weighted by Crippen LogP contribution is 2.41. The van der Waals surface area contributed by atoms with Crippen LogP contribution in [0.5, 0.6) is 0 Å². The molecule has 3 aromatic carbocycles. The third-order valence-electron chi connectivity index (χ3n) is 7.87. The molecule has 0 saturated carbocycles. The Bertz CT molecular complexity index is 1600. The van der Waals surface area contributed by atoms with Crippen LogP contribution < -0.4 is 5.56 Å². The van der Waals surface area contributed by atoms with Gasteiger partial charge in [-0.05, 0) is 66.8 Å². The Morgan fingerprint density at radius 2 is 1.65 bits per heavy atom. The van der Waals surface area contributed by atoms with Gasteiger partial charge in [-0.15, -0.1) is 0 Å². The molecule has 5 aromatic rings. The topological polar surface area (TPSA) is 43.1 Å². The summed E-state index contributed by atoms with van der Waals surface area (Å²) in [5.41, 5.74) is 7.41. The molecule has 0 aliphatic carbocycles. The van der Waals surface area contributed by atoms with E-state index in [1.54, 1.807) is 17.7 Å². The van der Waals surface area contributed by atoms with Gasteiger partial charge in [-0.25, -0.2) is 4.68 Å². The zero-order valence-electron chi connectivity index (χ0n) is 21.5. The van der Waals surface area contributed by atoms with Gasteiger partial charge in [-0.1, -0.05) is 60.7 Å². The molecule has 1 aliphatic rings. The molecule has 5 heteroatoms. The molecule has 1 fully saturated rings. The first kappa shape index (κ1) is 23.4. The number of hydrogen-bond donors (Lipinski definition) is 0. The van der Waals surface area contributed by atoms with Crippen molar-refractivity contribution in [3.63, 3.8) is 0 Å². The predicted molar refractivity (Wildman–Crippen MR) is 149 cm³/mol. The predicted octanol–water partition coefficient (Wildman–Crippen LogP) is 5.42. The van der Waals surface area contributed by atoms with Gasteiger partial charge >= 0.3 is 0 Å². The van der Waals surface area contributed by atoms with E-state index >= 15 is 0 Å². The zero-order valence-corrected chi connectivity index (χ0v) is 21.5. The number of nitrogens with zero attached hydrogens (tertiary/aromatic N) is 4. The van der Waals surface area contributed by atoms with Crippen LogP contribution in [0.3, 0.4) is 0 Å². The number of aromatic nitrogens is 3. The molecule has 0 amide bonds. The second-order valence-corrected chi connectivity index (χ2v) is 10.5. The summed E-state index contributed by atoms with van der Waals surface area (Å²) in [7, 11) is 1.77. The minimum atomic E-state index is -0.0252. The number of benzene rings is 3. The molecular formula is C32H32N4O. The fourth-order valence-electron chi connectivity index (χ4n) is 6.04. The van der Waals surface area contributed by atoms with Crippen molar-refractivity contribution in [1.29, 1.82) is 0 Å². The van der Waals surface area contributed by atoms with Crippen molar-refractivity contribution in [1.82, 2.24) is 19.2 Å². The summed E-state index contributed by atoms with van der Waals surface area (Å²) < 4.78 is 3.53. The summed E-state index contributed by atoms with van der Waals surface area (Å²) in [5, 5.41) is 5.84. The molecule has 5 nitrogen and oxygen atoms in total. The van der Waals surface area contributed by atoms with Crippen LogP contribution in [0.4, 0.5) is 0 Å². The van der Waals surface area contributed by atoms with Crippen LogP contribution in [-0.4, -0.2) is 32.3 Å². The van der Waals surface area contributed by atoms with Gasteiger partial charge in [0.1, 0.15) is 0 Å². The van der Waals surface area contributed by atoms with Crippen LogP contribution in [0.1, 0.15) is 28.7 Å². The molecule has 37 heavy (non-hydrogen) atoms. The summed E-state index contributed by atoms with van der Waals surface area (Å²) in [5.74, 6) is 0. The molecule has 1 atom stereocenters. The molecule has 0 radical (unpaired) electrons. The van der Waals surface area contributed by atoms with E-state index < -0.39 is 0 Å². The molecule has 0 bridgehead atoms. The molecule has 1 unspecified atom stereocenters. The first-order chi connectivity index (χ1) is 18.0. The first-order valence-electron chi connectivity index (χ1n) is 13.0. The Morgan fingerprint density at radius 1 is 0.919 bits per heavy atom. The number of pyridine rings is 1. The van der Waals surface area contributed by atoms with E-state index in [4.69, 9.17) is 5.10 Å². The lowest BCUT2D eigenvalue weighted by molar-refractivity contribution is 0.301. The number of likely N-dealkylation sites (tertiary alicyclic amines) is 1. The minimum absolute atomic E-state index is 0.0252. The van der Waals surface area contributed by atoms with Crippen LogP contribution in [0, 0.1) is 6.92 Å². The van der Waals surface area contributed by atoms with E-state index in [-0.39, 0.29) is 11.0 Å². The van der Waals surface area contributed by atoms with E-state index in [0.29, 0.717) is 0 Å². The van der Waals surface area contributed by atoms with Crippen molar-refractivity contribution in [2.24, 2.45) is 7.05 Å². The summed E-state index contributed by atoms with van der Waals surface area (Å²) in [6.07, 6.45) is 5.93.